The maximum Gasteiger partial charge on any atom is 0.142 e. The zero-order chi connectivity index (χ0) is 14.9. The Kier molecular flexibility index (Phi) is 4.45. The van der Waals surface area contributed by atoms with Gasteiger partial charge in [0.25, 0.3) is 0 Å². The molecule has 0 fully saturated rings. The van der Waals surface area contributed by atoms with Crippen LogP contribution in [0.2, 0.25) is 5.02 Å². The molecule has 2 rings (SSSR count). The average Bonchev–Trinajstić information content (AvgIpc) is 2.66. The summed E-state index contributed by atoms with van der Waals surface area (Å²) >= 11 is 6.04. The van der Waals surface area contributed by atoms with Crippen LogP contribution >= 0.6 is 11.6 Å². The molecule has 3 nitrogen and oxygen atoms in total. The lowest BCUT2D eigenvalue weighted by molar-refractivity contribution is 0.578. The monoisotopic (exact) mass is 295 g/mol. The van der Waals surface area contributed by atoms with Crippen molar-refractivity contribution in [1.82, 2.24) is 15.1 Å². The van der Waals surface area contributed by atoms with Crippen LogP contribution in [-0.4, -0.2) is 16.8 Å². The molecular formula is C15H19ClFN3. The minimum atomic E-state index is -0.376. The summed E-state index contributed by atoms with van der Waals surface area (Å²) in [5.74, 6) is -0.376. The Balaban J connectivity index is 2.36. The third-order valence-electron chi connectivity index (χ3n) is 3.72. The molecule has 0 saturated heterocycles. The summed E-state index contributed by atoms with van der Waals surface area (Å²) in [6.45, 7) is 4.02. The largest absolute Gasteiger partial charge is 0.313 e. The van der Waals surface area contributed by atoms with E-state index in [4.69, 9.17) is 11.6 Å². The summed E-state index contributed by atoms with van der Waals surface area (Å²) < 4.78 is 15.4. The van der Waals surface area contributed by atoms with E-state index in [9.17, 15) is 4.39 Å². The second-order valence-electron chi connectivity index (χ2n) is 4.97. The van der Waals surface area contributed by atoms with Crippen LogP contribution in [0.25, 0.3) is 0 Å². The van der Waals surface area contributed by atoms with Gasteiger partial charge >= 0.3 is 0 Å². The molecule has 0 aliphatic rings. The van der Waals surface area contributed by atoms with E-state index in [0.717, 1.165) is 22.5 Å². The van der Waals surface area contributed by atoms with Crippen molar-refractivity contribution in [3.63, 3.8) is 0 Å². The Bertz CT molecular complexity index is 622. The van der Waals surface area contributed by atoms with Crippen molar-refractivity contribution in [2.24, 2.45) is 7.05 Å². The first kappa shape index (κ1) is 15.0. The molecule has 0 bridgehead atoms. The number of halogens is 2. The fraction of sp³-hybridized carbons (Fsp3) is 0.400. The minimum Gasteiger partial charge on any atom is -0.313 e. The Morgan fingerprint density at radius 2 is 2.10 bits per heavy atom. The van der Waals surface area contributed by atoms with Gasteiger partial charge in [-0.25, -0.2) is 4.39 Å². The smallest absolute Gasteiger partial charge is 0.142 e. The van der Waals surface area contributed by atoms with Crippen molar-refractivity contribution in [1.29, 1.82) is 0 Å². The Hall–Kier alpha value is -1.39. The predicted molar refractivity (Wildman–Crippen MR) is 79.6 cm³/mol. The topological polar surface area (TPSA) is 29.9 Å². The molecule has 0 radical (unpaired) electrons. The maximum atomic E-state index is 13.5. The van der Waals surface area contributed by atoms with Gasteiger partial charge in [0.2, 0.25) is 0 Å². The number of hydrogen-bond acceptors (Lipinski definition) is 2. The standard InChI is InChI=1S/C15H19ClFN3/c1-9-14(10(2)20(4)19-9)13(18-3)8-11-6-5-7-12(17)15(11)16/h5-7,13,18H,8H2,1-4H3. The summed E-state index contributed by atoms with van der Waals surface area (Å²) in [6, 6.07) is 4.98. The van der Waals surface area contributed by atoms with Gasteiger partial charge in [0.15, 0.2) is 0 Å². The van der Waals surface area contributed by atoms with Gasteiger partial charge in [-0.1, -0.05) is 23.7 Å². The lowest BCUT2D eigenvalue weighted by Crippen LogP contribution is -2.20. The van der Waals surface area contributed by atoms with Crippen LogP contribution in [0.15, 0.2) is 18.2 Å². The number of nitrogens with one attached hydrogen (secondary N) is 1. The van der Waals surface area contributed by atoms with Crippen LogP contribution in [-0.2, 0) is 13.5 Å². The van der Waals surface area contributed by atoms with E-state index in [1.54, 1.807) is 6.07 Å². The van der Waals surface area contributed by atoms with Crippen molar-refractivity contribution in [2.45, 2.75) is 26.3 Å². The number of aryl methyl sites for hydroxylation is 2. The van der Waals surface area contributed by atoms with E-state index in [1.807, 2.05) is 38.7 Å². The number of benzene rings is 1. The fourth-order valence-corrected chi connectivity index (χ4v) is 2.77. The molecule has 1 N–H and O–H groups in total. The summed E-state index contributed by atoms with van der Waals surface area (Å²) in [6.07, 6.45) is 0.625. The van der Waals surface area contributed by atoms with Crippen LogP contribution in [0.3, 0.4) is 0 Å². The summed E-state index contributed by atoms with van der Waals surface area (Å²) in [4.78, 5) is 0. The molecule has 5 heteroatoms. The van der Waals surface area contributed by atoms with Gasteiger partial charge < -0.3 is 5.32 Å². The molecule has 2 aromatic rings. The van der Waals surface area contributed by atoms with Crippen LogP contribution in [0.1, 0.15) is 28.6 Å². The Morgan fingerprint density at radius 3 is 2.65 bits per heavy atom. The van der Waals surface area contributed by atoms with Crippen LogP contribution in [0.4, 0.5) is 4.39 Å². The minimum absolute atomic E-state index is 0.0583. The predicted octanol–water partition coefficient (Wildman–Crippen LogP) is 3.33. The van der Waals surface area contributed by atoms with Gasteiger partial charge in [-0.05, 0) is 38.9 Å². The SMILES string of the molecule is CNC(Cc1cccc(F)c1Cl)c1c(C)nn(C)c1C. The summed E-state index contributed by atoms with van der Waals surface area (Å²) in [5, 5.41) is 7.91. The van der Waals surface area contributed by atoms with Gasteiger partial charge in [0.1, 0.15) is 5.82 Å². The first-order valence-corrected chi connectivity index (χ1v) is 6.93. The Labute approximate surface area is 123 Å². The van der Waals surface area contributed by atoms with Gasteiger partial charge in [-0.15, -0.1) is 0 Å². The molecule has 0 aliphatic heterocycles. The Morgan fingerprint density at radius 1 is 1.40 bits per heavy atom. The molecular weight excluding hydrogens is 277 g/mol. The highest BCUT2D eigenvalue weighted by Gasteiger charge is 2.20. The van der Waals surface area contributed by atoms with Crippen LogP contribution in [0.5, 0.6) is 0 Å². The van der Waals surface area contributed by atoms with Crippen molar-refractivity contribution in [2.75, 3.05) is 7.05 Å². The van der Waals surface area contributed by atoms with E-state index in [2.05, 4.69) is 10.4 Å². The molecule has 1 aromatic carbocycles. The zero-order valence-corrected chi connectivity index (χ0v) is 12.9. The highest BCUT2D eigenvalue weighted by molar-refractivity contribution is 6.31. The number of hydrogen-bond donors (Lipinski definition) is 1. The zero-order valence-electron chi connectivity index (χ0n) is 12.2. The molecule has 20 heavy (non-hydrogen) atoms. The van der Waals surface area contributed by atoms with Gasteiger partial charge in [0.05, 0.1) is 10.7 Å². The van der Waals surface area contributed by atoms with Gasteiger partial charge in [-0.3, -0.25) is 4.68 Å². The van der Waals surface area contributed by atoms with Crippen LogP contribution < -0.4 is 5.32 Å². The van der Waals surface area contributed by atoms with E-state index in [-0.39, 0.29) is 16.9 Å². The number of nitrogens with zero attached hydrogens (tertiary/aromatic N) is 2. The first-order valence-electron chi connectivity index (χ1n) is 6.56. The van der Waals surface area contributed by atoms with Crippen molar-refractivity contribution in [3.05, 3.63) is 51.6 Å². The van der Waals surface area contributed by atoms with E-state index in [1.165, 1.54) is 6.07 Å². The lowest BCUT2D eigenvalue weighted by atomic mass is 9.97. The highest BCUT2D eigenvalue weighted by Crippen LogP contribution is 2.28. The van der Waals surface area contributed by atoms with Crippen molar-refractivity contribution in [3.8, 4) is 0 Å². The van der Waals surface area contributed by atoms with Crippen LogP contribution in [0, 0.1) is 19.7 Å². The van der Waals surface area contributed by atoms with Gasteiger partial charge in [-0.2, -0.15) is 5.10 Å². The molecule has 0 spiro atoms. The maximum absolute atomic E-state index is 13.5. The quantitative estimate of drug-likeness (QED) is 0.937. The molecule has 1 atom stereocenters. The van der Waals surface area contributed by atoms with Gasteiger partial charge in [0, 0.05) is 24.3 Å². The fourth-order valence-electron chi connectivity index (χ4n) is 2.57. The third kappa shape index (κ3) is 2.72. The van der Waals surface area contributed by atoms with E-state index in [0.29, 0.717) is 6.42 Å². The second-order valence-corrected chi connectivity index (χ2v) is 5.34. The molecule has 1 heterocycles. The van der Waals surface area contributed by atoms with E-state index < -0.39 is 0 Å². The normalized spacial score (nSPS) is 12.7. The highest BCUT2D eigenvalue weighted by atomic mass is 35.5. The average molecular weight is 296 g/mol. The molecule has 0 saturated carbocycles. The lowest BCUT2D eigenvalue weighted by Gasteiger charge is -2.18. The summed E-state index contributed by atoms with van der Waals surface area (Å²) in [5.41, 5.74) is 4.04. The number of rotatable bonds is 4. The molecule has 0 aliphatic carbocycles. The molecule has 0 amide bonds. The molecule has 108 valence electrons. The van der Waals surface area contributed by atoms with Crippen molar-refractivity contribution >= 4 is 11.6 Å². The third-order valence-corrected chi connectivity index (χ3v) is 4.14. The molecule has 1 unspecified atom stereocenters. The van der Waals surface area contributed by atoms with Crippen molar-refractivity contribution < 1.29 is 4.39 Å². The second kappa shape index (κ2) is 5.94. The molecule has 1 aromatic heterocycles. The van der Waals surface area contributed by atoms with E-state index >= 15 is 0 Å². The number of aromatic nitrogens is 2. The number of likely N-dealkylation sites (N-methyl/N-ethyl adjacent to an activating group) is 1. The summed E-state index contributed by atoms with van der Waals surface area (Å²) in [7, 11) is 3.82. The first-order chi connectivity index (χ1) is 9.45.